The van der Waals surface area contributed by atoms with Crippen LogP contribution >= 0.6 is 0 Å². The molecule has 1 aromatic heterocycles. The maximum absolute atomic E-state index is 14.0. The number of pyridine rings is 1. The zero-order valence-electron chi connectivity index (χ0n) is 21.0. The third-order valence-corrected chi connectivity index (χ3v) is 7.42. The minimum atomic E-state index is -0.135. The lowest BCUT2D eigenvalue weighted by Gasteiger charge is -2.40. The summed E-state index contributed by atoms with van der Waals surface area (Å²) in [5.41, 5.74) is 2.49. The van der Waals surface area contributed by atoms with Crippen LogP contribution in [0.25, 0.3) is 0 Å². The molecule has 4 aliphatic rings. The Morgan fingerprint density at radius 2 is 1.97 bits per heavy atom. The van der Waals surface area contributed by atoms with Gasteiger partial charge in [0, 0.05) is 45.0 Å². The van der Waals surface area contributed by atoms with Crippen molar-refractivity contribution in [1.82, 2.24) is 20.1 Å². The van der Waals surface area contributed by atoms with Gasteiger partial charge >= 0.3 is 0 Å². The minimum Gasteiger partial charge on any atom is -0.378 e. The molecule has 0 radical (unpaired) electrons. The fourth-order valence-corrected chi connectivity index (χ4v) is 5.25. The molecule has 0 unspecified atom stereocenters. The Balaban J connectivity index is 1.35. The first kappa shape index (κ1) is 24.5. The van der Waals surface area contributed by atoms with Crippen molar-refractivity contribution in [1.29, 1.82) is 0 Å². The van der Waals surface area contributed by atoms with Gasteiger partial charge in [0.15, 0.2) is 5.69 Å². The highest BCUT2D eigenvalue weighted by atomic mass is 16.5. The van der Waals surface area contributed by atoms with Crippen molar-refractivity contribution in [2.45, 2.75) is 51.1 Å². The van der Waals surface area contributed by atoms with Gasteiger partial charge in [-0.2, -0.15) is 0 Å². The van der Waals surface area contributed by atoms with Crippen molar-refractivity contribution in [3.63, 3.8) is 0 Å². The van der Waals surface area contributed by atoms with Crippen LogP contribution in [-0.2, 0) is 14.3 Å². The number of nitrogens with zero attached hydrogens (tertiary/aromatic N) is 3. The predicted molar refractivity (Wildman–Crippen MR) is 132 cm³/mol. The quantitative estimate of drug-likeness (QED) is 0.579. The first-order chi connectivity index (χ1) is 17.0. The molecular formula is C26H39N5O4. The van der Waals surface area contributed by atoms with Crippen LogP contribution in [0.1, 0.15) is 55.1 Å². The molecule has 9 nitrogen and oxygen atoms in total. The zero-order chi connectivity index (χ0) is 24.4. The molecule has 1 saturated carbocycles. The van der Waals surface area contributed by atoms with Crippen molar-refractivity contribution in [2.75, 3.05) is 64.5 Å². The largest absolute Gasteiger partial charge is 0.378 e. The molecule has 0 spiro atoms. The second kappa shape index (κ2) is 10.8. The molecular weight excluding hydrogens is 446 g/mol. The van der Waals surface area contributed by atoms with Crippen molar-refractivity contribution < 1.29 is 19.1 Å². The molecule has 5 rings (SSSR count). The number of nitrogens with one attached hydrogen (secondary N) is 2. The van der Waals surface area contributed by atoms with Crippen LogP contribution in [0, 0.1) is 11.8 Å². The molecule has 35 heavy (non-hydrogen) atoms. The molecule has 3 saturated heterocycles. The van der Waals surface area contributed by atoms with Crippen LogP contribution in [0.2, 0.25) is 0 Å². The molecule has 1 aliphatic carbocycles. The van der Waals surface area contributed by atoms with E-state index in [0.29, 0.717) is 83.1 Å². The van der Waals surface area contributed by atoms with Crippen molar-refractivity contribution >= 4 is 17.5 Å². The van der Waals surface area contributed by atoms with Crippen LogP contribution in [-0.4, -0.2) is 97.8 Å². The molecule has 2 N–H and O–H groups in total. The number of anilines is 1. The summed E-state index contributed by atoms with van der Waals surface area (Å²) < 4.78 is 10.8. The first-order valence-electron chi connectivity index (χ1n) is 13.2. The van der Waals surface area contributed by atoms with Crippen molar-refractivity contribution in [3.05, 3.63) is 23.5 Å². The smallest absolute Gasteiger partial charge is 0.274 e. The Morgan fingerprint density at radius 1 is 1.20 bits per heavy atom. The van der Waals surface area contributed by atoms with E-state index < -0.39 is 0 Å². The Hall–Kier alpha value is -2.23. The van der Waals surface area contributed by atoms with E-state index >= 15 is 0 Å². The van der Waals surface area contributed by atoms with Gasteiger partial charge in [0.05, 0.1) is 44.1 Å². The van der Waals surface area contributed by atoms with Gasteiger partial charge in [0.1, 0.15) is 0 Å². The van der Waals surface area contributed by atoms with Gasteiger partial charge in [-0.25, -0.2) is 4.98 Å². The molecule has 9 heteroatoms. The highest BCUT2D eigenvalue weighted by Crippen LogP contribution is 2.41. The highest BCUT2D eigenvalue weighted by molar-refractivity contribution is 5.98. The number of ether oxygens (including phenoxy) is 2. The lowest BCUT2D eigenvalue weighted by atomic mass is 9.92. The summed E-state index contributed by atoms with van der Waals surface area (Å²) in [6.07, 6.45) is 4.92. The van der Waals surface area contributed by atoms with Gasteiger partial charge in [-0.1, -0.05) is 13.8 Å². The molecule has 3 aliphatic heterocycles. The SMILES string of the molecule is CC(C)CN(C(=O)c1ncc(C2CC2)cc1NC1COC1)[C@@H]1CNC[C@H](C(=O)N2CCOCC2)C1. The summed E-state index contributed by atoms with van der Waals surface area (Å²) in [4.78, 5) is 35.8. The van der Waals surface area contributed by atoms with E-state index in [1.165, 1.54) is 18.4 Å². The monoisotopic (exact) mass is 485 g/mol. The van der Waals surface area contributed by atoms with Crippen molar-refractivity contribution in [2.24, 2.45) is 11.8 Å². The van der Waals surface area contributed by atoms with E-state index in [-0.39, 0.29) is 29.8 Å². The lowest BCUT2D eigenvalue weighted by molar-refractivity contribution is -0.140. The maximum Gasteiger partial charge on any atom is 0.274 e. The van der Waals surface area contributed by atoms with E-state index in [4.69, 9.17) is 14.5 Å². The van der Waals surface area contributed by atoms with Gasteiger partial charge in [-0.05, 0) is 42.7 Å². The standard InChI is InChI=1S/C26H39N5O4/c1-17(2)14-31(22-9-20(11-27-13-22)25(32)30-5-7-34-8-6-30)26(33)24-23(29-21-15-35-16-21)10-19(12-28-24)18-3-4-18/h10,12,17-18,20-22,27,29H,3-9,11,13-16H2,1-2H3/t20-,22+/m1/s1. The zero-order valence-corrected chi connectivity index (χ0v) is 21.0. The second-order valence-electron chi connectivity index (χ2n) is 10.9. The fraction of sp³-hybridized carbons (Fsp3) is 0.731. The third kappa shape index (κ3) is 5.78. The van der Waals surface area contributed by atoms with Crippen LogP contribution in [0.3, 0.4) is 0 Å². The highest BCUT2D eigenvalue weighted by Gasteiger charge is 2.37. The van der Waals surface area contributed by atoms with Gasteiger partial charge in [-0.3, -0.25) is 9.59 Å². The van der Waals surface area contributed by atoms with Crippen LogP contribution in [0.5, 0.6) is 0 Å². The van der Waals surface area contributed by atoms with Gasteiger partial charge in [0.2, 0.25) is 5.91 Å². The Labute approximate surface area is 207 Å². The Morgan fingerprint density at radius 3 is 2.63 bits per heavy atom. The Kier molecular flexibility index (Phi) is 7.55. The molecule has 0 aromatic carbocycles. The Bertz CT molecular complexity index is 911. The topological polar surface area (TPSA) is 96.0 Å². The third-order valence-electron chi connectivity index (χ3n) is 7.42. The first-order valence-corrected chi connectivity index (χ1v) is 13.2. The van der Waals surface area contributed by atoms with Gasteiger partial charge in [-0.15, -0.1) is 0 Å². The average molecular weight is 486 g/mol. The number of amides is 2. The van der Waals surface area contributed by atoms with Crippen LogP contribution < -0.4 is 10.6 Å². The van der Waals surface area contributed by atoms with Gasteiger partial charge in [0.25, 0.3) is 5.91 Å². The summed E-state index contributed by atoms with van der Waals surface area (Å²) in [5.74, 6) is 0.837. The molecule has 0 bridgehead atoms. The van der Waals surface area contributed by atoms with Crippen molar-refractivity contribution in [3.8, 4) is 0 Å². The molecule has 4 heterocycles. The number of morpholine rings is 1. The maximum atomic E-state index is 14.0. The van der Waals surface area contributed by atoms with E-state index in [1.807, 2.05) is 16.0 Å². The number of hydrogen-bond acceptors (Lipinski definition) is 7. The molecule has 4 fully saturated rings. The summed E-state index contributed by atoms with van der Waals surface area (Å²) in [6, 6.07) is 2.27. The fourth-order valence-electron chi connectivity index (χ4n) is 5.25. The predicted octanol–water partition coefficient (Wildman–Crippen LogP) is 1.70. The molecule has 192 valence electrons. The van der Waals surface area contributed by atoms with E-state index in [0.717, 1.165) is 5.69 Å². The van der Waals surface area contributed by atoms with Crippen LogP contribution in [0.15, 0.2) is 12.3 Å². The van der Waals surface area contributed by atoms with Gasteiger partial charge < -0.3 is 29.9 Å². The number of hydrogen-bond donors (Lipinski definition) is 2. The summed E-state index contributed by atoms with van der Waals surface area (Å²) in [5, 5.41) is 6.95. The lowest BCUT2D eigenvalue weighted by Crippen LogP contribution is -2.56. The number of aromatic nitrogens is 1. The average Bonchev–Trinajstić information content (AvgIpc) is 3.70. The van der Waals surface area contributed by atoms with E-state index in [1.54, 1.807) is 0 Å². The molecule has 2 amide bonds. The van der Waals surface area contributed by atoms with E-state index in [9.17, 15) is 9.59 Å². The molecule has 2 atom stereocenters. The number of carbonyl (C=O) groups is 2. The second-order valence-corrected chi connectivity index (χ2v) is 10.9. The summed E-state index contributed by atoms with van der Waals surface area (Å²) in [7, 11) is 0. The number of rotatable bonds is 8. The van der Waals surface area contributed by atoms with Crippen LogP contribution in [0.4, 0.5) is 5.69 Å². The molecule has 1 aromatic rings. The number of carbonyl (C=O) groups excluding carboxylic acids is 2. The minimum absolute atomic E-state index is 0.0570. The summed E-state index contributed by atoms with van der Waals surface area (Å²) in [6.45, 7) is 9.99. The summed E-state index contributed by atoms with van der Waals surface area (Å²) >= 11 is 0. The van der Waals surface area contributed by atoms with E-state index in [2.05, 4.69) is 30.5 Å². The normalized spacial score (nSPS) is 25.3. The number of piperidine rings is 1.